The van der Waals surface area contributed by atoms with Crippen molar-refractivity contribution in [3.63, 3.8) is 0 Å². The summed E-state index contributed by atoms with van der Waals surface area (Å²) in [7, 11) is 0. The number of halogens is 2. The number of carbonyl (C=O) groups is 2. The van der Waals surface area contributed by atoms with Crippen LogP contribution in [0.3, 0.4) is 0 Å². The summed E-state index contributed by atoms with van der Waals surface area (Å²) >= 11 is 0. The summed E-state index contributed by atoms with van der Waals surface area (Å²) in [4.78, 5) is 29.7. The molecule has 2 aromatic carbocycles. The number of nitrogen functional groups attached to an aromatic ring is 1. The predicted molar refractivity (Wildman–Crippen MR) is 121 cm³/mol. The van der Waals surface area contributed by atoms with Gasteiger partial charge in [-0.3, -0.25) is 9.59 Å². The first kappa shape index (κ1) is 22.7. The highest BCUT2D eigenvalue weighted by atomic mass is 19.2. The van der Waals surface area contributed by atoms with E-state index in [1.807, 2.05) is 24.3 Å². The lowest BCUT2D eigenvalue weighted by molar-refractivity contribution is -0.123. The van der Waals surface area contributed by atoms with Crippen LogP contribution in [-0.2, 0) is 17.8 Å². The first-order valence-electron chi connectivity index (χ1n) is 10.3. The SMILES string of the molecule is Nc1nccc2cc(CNC(=O)[C@H](Cc3ccc(F)c(F)c3)NC(=O)c3ccnnc3)ccc12. The van der Waals surface area contributed by atoms with Gasteiger partial charge in [-0.1, -0.05) is 18.2 Å². The number of amides is 2. The Morgan fingerprint density at radius 2 is 1.76 bits per heavy atom. The molecule has 0 aliphatic heterocycles. The number of carbonyl (C=O) groups excluding carboxylic acids is 2. The van der Waals surface area contributed by atoms with Crippen LogP contribution in [0, 0.1) is 11.6 Å². The molecule has 172 valence electrons. The second-order valence-electron chi connectivity index (χ2n) is 7.58. The Morgan fingerprint density at radius 1 is 0.941 bits per heavy atom. The number of benzene rings is 2. The fourth-order valence-electron chi connectivity index (χ4n) is 3.45. The van der Waals surface area contributed by atoms with E-state index in [0.717, 1.165) is 28.5 Å². The van der Waals surface area contributed by atoms with Crippen LogP contribution in [0.25, 0.3) is 10.8 Å². The molecule has 4 rings (SSSR count). The fraction of sp³-hybridized carbons (Fsp3) is 0.125. The van der Waals surface area contributed by atoms with E-state index in [-0.39, 0.29) is 18.5 Å². The van der Waals surface area contributed by atoms with E-state index in [1.165, 1.54) is 24.5 Å². The smallest absolute Gasteiger partial charge is 0.253 e. The fourth-order valence-corrected chi connectivity index (χ4v) is 3.45. The van der Waals surface area contributed by atoms with Crippen molar-refractivity contribution < 1.29 is 18.4 Å². The molecule has 0 radical (unpaired) electrons. The highest BCUT2D eigenvalue weighted by Gasteiger charge is 2.22. The summed E-state index contributed by atoms with van der Waals surface area (Å²) in [5, 5.41) is 14.4. The number of anilines is 1. The standard InChI is InChI=1S/C24H20F2N6O2/c25-19-4-2-14(10-20(19)26)11-21(32-23(33)17-6-8-30-31-13-17)24(34)29-12-15-1-3-18-16(9-15)5-7-28-22(18)27/h1-10,13,21H,11-12H2,(H2,27,28)(H,29,34)(H,32,33)/t21-/m0/s1. The molecule has 1 atom stereocenters. The number of aromatic nitrogens is 3. The van der Waals surface area contributed by atoms with Crippen molar-refractivity contribution in [2.45, 2.75) is 19.0 Å². The van der Waals surface area contributed by atoms with E-state index in [2.05, 4.69) is 25.8 Å². The zero-order valence-corrected chi connectivity index (χ0v) is 17.8. The molecular weight excluding hydrogens is 442 g/mol. The average Bonchev–Trinajstić information content (AvgIpc) is 2.85. The maximum atomic E-state index is 13.7. The third-order valence-corrected chi connectivity index (χ3v) is 5.22. The molecule has 0 unspecified atom stereocenters. The highest BCUT2D eigenvalue weighted by molar-refractivity contribution is 5.97. The van der Waals surface area contributed by atoms with Gasteiger partial charge in [-0.05, 0) is 46.8 Å². The first-order chi connectivity index (χ1) is 16.4. The Bertz CT molecular complexity index is 1350. The second-order valence-corrected chi connectivity index (χ2v) is 7.58. The molecule has 10 heteroatoms. The first-order valence-corrected chi connectivity index (χ1v) is 10.3. The Hall–Kier alpha value is -4.47. The van der Waals surface area contributed by atoms with Crippen LogP contribution >= 0.6 is 0 Å². The van der Waals surface area contributed by atoms with E-state index < -0.39 is 29.5 Å². The molecule has 2 aromatic heterocycles. The van der Waals surface area contributed by atoms with Crippen LogP contribution in [0.2, 0.25) is 0 Å². The second kappa shape index (κ2) is 9.99. The number of hydrogen-bond donors (Lipinski definition) is 3. The highest BCUT2D eigenvalue weighted by Crippen LogP contribution is 2.20. The lowest BCUT2D eigenvalue weighted by atomic mass is 10.0. The molecule has 2 amide bonds. The van der Waals surface area contributed by atoms with Crippen LogP contribution in [-0.4, -0.2) is 33.0 Å². The van der Waals surface area contributed by atoms with Crippen LogP contribution in [0.4, 0.5) is 14.6 Å². The maximum absolute atomic E-state index is 13.7. The average molecular weight is 462 g/mol. The van der Waals surface area contributed by atoms with Gasteiger partial charge in [0.2, 0.25) is 5.91 Å². The topological polar surface area (TPSA) is 123 Å². The third kappa shape index (κ3) is 5.29. The molecule has 0 saturated carbocycles. The van der Waals surface area contributed by atoms with Crippen molar-refractivity contribution >= 4 is 28.4 Å². The van der Waals surface area contributed by atoms with Crippen molar-refractivity contribution in [2.24, 2.45) is 0 Å². The molecule has 0 saturated heterocycles. The Balaban J connectivity index is 1.51. The summed E-state index contributed by atoms with van der Waals surface area (Å²) in [6, 6.07) is 11.0. The molecule has 0 aliphatic carbocycles. The van der Waals surface area contributed by atoms with E-state index in [9.17, 15) is 18.4 Å². The van der Waals surface area contributed by atoms with Gasteiger partial charge in [0, 0.05) is 24.5 Å². The molecule has 4 aromatic rings. The van der Waals surface area contributed by atoms with Crippen molar-refractivity contribution in [3.05, 3.63) is 95.4 Å². The van der Waals surface area contributed by atoms with Crippen molar-refractivity contribution in [3.8, 4) is 0 Å². The number of hydrogen-bond acceptors (Lipinski definition) is 6. The summed E-state index contributed by atoms with van der Waals surface area (Å²) < 4.78 is 27.0. The van der Waals surface area contributed by atoms with Gasteiger partial charge in [-0.15, -0.1) is 0 Å². The van der Waals surface area contributed by atoms with Gasteiger partial charge in [0.25, 0.3) is 5.91 Å². The molecule has 0 bridgehead atoms. The lowest BCUT2D eigenvalue weighted by Crippen LogP contribution is -2.47. The Morgan fingerprint density at radius 3 is 2.53 bits per heavy atom. The number of nitrogens with zero attached hydrogens (tertiary/aromatic N) is 3. The van der Waals surface area contributed by atoms with Gasteiger partial charge in [0.05, 0.1) is 18.0 Å². The third-order valence-electron chi connectivity index (χ3n) is 5.22. The van der Waals surface area contributed by atoms with Crippen molar-refractivity contribution in [1.82, 2.24) is 25.8 Å². The van der Waals surface area contributed by atoms with Gasteiger partial charge in [0.1, 0.15) is 11.9 Å². The normalized spacial score (nSPS) is 11.7. The number of fused-ring (bicyclic) bond motifs is 1. The summed E-state index contributed by atoms with van der Waals surface area (Å²) in [5.74, 6) is -2.66. The minimum Gasteiger partial charge on any atom is -0.383 e. The maximum Gasteiger partial charge on any atom is 0.253 e. The van der Waals surface area contributed by atoms with Crippen LogP contribution in [0.15, 0.2) is 67.1 Å². The Labute approximate surface area is 193 Å². The van der Waals surface area contributed by atoms with Gasteiger partial charge in [-0.25, -0.2) is 13.8 Å². The molecule has 0 fully saturated rings. The molecule has 0 aliphatic rings. The molecular formula is C24H20F2N6O2. The van der Waals surface area contributed by atoms with Gasteiger partial charge < -0.3 is 16.4 Å². The van der Waals surface area contributed by atoms with Gasteiger partial charge in [-0.2, -0.15) is 10.2 Å². The van der Waals surface area contributed by atoms with Gasteiger partial charge >= 0.3 is 0 Å². The number of rotatable bonds is 7. The minimum absolute atomic E-state index is 0.0484. The summed E-state index contributed by atoms with van der Waals surface area (Å²) in [6.45, 7) is 0.179. The monoisotopic (exact) mass is 462 g/mol. The van der Waals surface area contributed by atoms with Crippen LogP contribution in [0.5, 0.6) is 0 Å². The van der Waals surface area contributed by atoms with Crippen LogP contribution in [0.1, 0.15) is 21.5 Å². The van der Waals surface area contributed by atoms with E-state index in [0.29, 0.717) is 11.4 Å². The predicted octanol–water partition coefficient (Wildman–Crippen LogP) is 2.54. The summed E-state index contributed by atoms with van der Waals surface area (Å²) in [5.41, 5.74) is 7.24. The number of nitrogens with two attached hydrogens (primary N) is 1. The minimum atomic E-state index is -1.05. The van der Waals surface area contributed by atoms with Gasteiger partial charge in [0.15, 0.2) is 11.6 Å². The summed E-state index contributed by atoms with van der Waals surface area (Å²) in [6.07, 6.45) is 4.16. The Kier molecular flexibility index (Phi) is 6.67. The molecule has 0 spiro atoms. The lowest BCUT2D eigenvalue weighted by Gasteiger charge is -2.19. The zero-order chi connectivity index (χ0) is 24.1. The number of nitrogens with one attached hydrogen (secondary N) is 2. The number of pyridine rings is 1. The van der Waals surface area contributed by atoms with Crippen molar-refractivity contribution in [1.29, 1.82) is 0 Å². The molecule has 8 nitrogen and oxygen atoms in total. The van der Waals surface area contributed by atoms with Crippen molar-refractivity contribution in [2.75, 3.05) is 5.73 Å². The molecule has 2 heterocycles. The van der Waals surface area contributed by atoms with E-state index in [4.69, 9.17) is 5.73 Å². The zero-order valence-electron chi connectivity index (χ0n) is 17.8. The van der Waals surface area contributed by atoms with Crippen LogP contribution < -0.4 is 16.4 Å². The van der Waals surface area contributed by atoms with E-state index in [1.54, 1.807) is 6.20 Å². The largest absolute Gasteiger partial charge is 0.383 e. The molecule has 4 N–H and O–H groups in total. The molecule has 34 heavy (non-hydrogen) atoms. The quantitative estimate of drug-likeness (QED) is 0.388. The van der Waals surface area contributed by atoms with E-state index >= 15 is 0 Å².